The van der Waals surface area contributed by atoms with Crippen molar-refractivity contribution in [1.82, 2.24) is 9.80 Å². The monoisotopic (exact) mass is 300 g/mol. The van der Waals surface area contributed by atoms with Gasteiger partial charge in [0.2, 0.25) is 0 Å². The predicted octanol–water partition coefficient (Wildman–Crippen LogP) is 1.32. The van der Waals surface area contributed by atoms with E-state index in [2.05, 4.69) is 4.74 Å². The quantitative estimate of drug-likeness (QED) is 0.774. The summed E-state index contributed by atoms with van der Waals surface area (Å²) in [5, 5.41) is 9.41. The molecule has 7 heteroatoms. The van der Waals surface area contributed by atoms with Gasteiger partial charge >= 0.3 is 18.0 Å². The maximum absolute atomic E-state index is 12.4. The first-order valence-corrected chi connectivity index (χ1v) is 7.16. The van der Waals surface area contributed by atoms with Crippen molar-refractivity contribution in [1.29, 1.82) is 0 Å². The standard InChI is InChI=1S/C14H24N2O5/c1-14(12(18)19)8-4-5-10-16(14)13(20)15(2)9-6-7-11(17)21-3/h4-10H2,1-3H3,(H,18,19). The van der Waals surface area contributed by atoms with Gasteiger partial charge in [0.25, 0.3) is 0 Å². The summed E-state index contributed by atoms with van der Waals surface area (Å²) in [6.45, 7) is 2.43. The van der Waals surface area contributed by atoms with E-state index in [1.54, 1.807) is 14.0 Å². The zero-order valence-corrected chi connectivity index (χ0v) is 12.9. The molecule has 0 saturated carbocycles. The lowest BCUT2D eigenvalue weighted by molar-refractivity contribution is -0.150. The first-order chi connectivity index (χ1) is 9.82. The van der Waals surface area contributed by atoms with Crippen LogP contribution in [0.2, 0.25) is 0 Å². The van der Waals surface area contributed by atoms with Crippen molar-refractivity contribution >= 4 is 18.0 Å². The first-order valence-electron chi connectivity index (χ1n) is 7.16. The van der Waals surface area contributed by atoms with Crippen LogP contribution in [0.4, 0.5) is 4.79 Å². The summed E-state index contributed by atoms with van der Waals surface area (Å²) in [6, 6.07) is -0.301. The molecule has 0 aromatic heterocycles. The fourth-order valence-electron chi connectivity index (χ4n) is 2.51. The van der Waals surface area contributed by atoms with Crippen LogP contribution in [0.1, 0.15) is 39.0 Å². The van der Waals surface area contributed by atoms with Crippen LogP contribution >= 0.6 is 0 Å². The Morgan fingerprint density at radius 2 is 2.00 bits per heavy atom. The number of carboxylic acids is 1. The summed E-state index contributed by atoms with van der Waals surface area (Å²) in [5.74, 6) is -1.29. The van der Waals surface area contributed by atoms with Gasteiger partial charge in [0.15, 0.2) is 0 Å². The zero-order valence-electron chi connectivity index (χ0n) is 12.9. The number of ether oxygens (including phenoxy) is 1. The highest BCUT2D eigenvalue weighted by Crippen LogP contribution is 2.29. The van der Waals surface area contributed by atoms with Gasteiger partial charge in [-0.25, -0.2) is 9.59 Å². The number of hydrogen-bond donors (Lipinski definition) is 1. The average Bonchev–Trinajstić information content (AvgIpc) is 2.46. The molecule has 1 unspecified atom stereocenters. The number of rotatable bonds is 5. The first kappa shape index (κ1) is 17.3. The molecule has 1 rings (SSSR count). The number of carboxylic acid groups (broad SMARTS) is 1. The van der Waals surface area contributed by atoms with E-state index in [1.807, 2.05) is 0 Å². The van der Waals surface area contributed by atoms with Crippen LogP contribution in [-0.4, -0.2) is 65.7 Å². The molecule has 0 aliphatic carbocycles. The van der Waals surface area contributed by atoms with E-state index in [1.165, 1.54) is 16.9 Å². The Balaban J connectivity index is 2.63. The summed E-state index contributed by atoms with van der Waals surface area (Å²) in [6.07, 6.45) is 2.81. The fourth-order valence-corrected chi connectivity index (χ4v) is 2.51. The van der Waals surface area contributed by atoms with E-state index in [0.29, 0.717) is 25.9 Å². The topological polar surface area (TPSA) is 87.2 Å². The highest BCUT2D eigenvalue weighted by molar-refractivity contribution is 5.86. The zero-order chi connectivity index (χ0) is 16.0. The van der Waals surface area contributed by atoms with Gasteiger partial charge in [-0.1, -0.05) is 0 Å². The van der Waals surface area contributed by atoms with E-state index in [0.717, 1.165) is 12.8 Å². The third kappa shape index (κ3) is 4.09. The van der Waals surface area contributed by atoms with Gasteiger partial charge in [-0.15, -0.1) is 0 Å². The SMILES string of the molecule is COC(=O)CCCN(C)C(=O)N1CCCCC1(C)C(=O)O. The highest BCUT2D eigenvalue weighted by atomic mass is 16.5. The number of urea groups is 1. The Hall–Kier alpha value is -1.79. The number of hydrogen-bond acceptors (Lipinski definition) is 4. The van der Waals surface area contributed by atoms with Crippen LogP contribution in [0.25, 0.3) is 0 Å². The van der Waals surface area contributed by atoms with Gasteiger partial charge in [0, 0.05) is 26.6 Å². The summed E-state index contributed by atoms with van der Waals surface area (Å²) < 4.78 is 4.54. The number of carbonyl (C=O) groups excluding carboxylic acids is 2. The molecular weight excluding hydrogens is 276 g/mol. The van der Waals surface area contributed by atoms with Crippen molar-refractivity contribution in [2.75, 3.05) is 27.2 Å². The number of piperidine rings is 1. The maximum Gasteiger partial charge on any atom is 0.329 e. The molecule has 1 saturated heterocycles. The average molecular weight is 300 g/mol. The van der Waals surface area contributed by atoms with Crippen molar-refractivity contribution in [3.63, 3.8) is 0 Å². The molecule has 0 bridgehead atoms. The third-order valence-electron chi connectivity index (χ3n) is 4.01. The van der Waals surface area contributed by atoms with Crippen LogP contribution in [-0.2, 0) is 14.3 Å². The molecule has 1 atom stereocenters. The minimum Gasteiger partial charge on any atom is -0.480 e. The molecule has 2 amide bonds. The molecule has 1 aliphatic heterocycles. The van der Waals surface area contributed by atoms with Crippen molar-refractivity contribution in [2.45, 2.75) is 44.6 Å². The minimum absolute atomic E-state index is 0.240. The predicted molar refractivity (Wildman–Crippen MR) is 75.9 cm³/mol. The third-order valence-corrected chi connectivity index (χ3v) is 4.01. The lowest BCUT2D eigenvalue weighted by Gasteiger charge is -2.43. The number of carbonyl (C=O) groups is 3. The molecule has 1 N–H and O–H groups in total. The number of nitrogens with zero attached hydrogens (tertiary/aromatic N) is 2. The normalized spacial score (nSPS) is 21.8. The second-order valence-corrected chi connectivity index (χ2v) is 5.57. The molecule has 1 heterocycles. The summed E-state index contributed by atoms with van der Waals surface area (Å²) in [7, 11) is 2.94. The Morgan fingerprint density at radius 1 is 1.33 bits per heavy atom. The Labute approximate surface area is 124 Å². The van der Waals surface area contributed by atoms with Gasteiger partial charge in [-0.2, -0.15) is 0 Å². The molecule has 21 heavy (non-hydrogen) atoms. The second kappa shape index (κ2) is 7.28. The lowest BCUT2D eigenvalue weighted by atomic mass is 9.89. The largest absolute Gasteiger partial charge is 0.480 e. The van der Waals surface area contributed by atoms with Gasteiger partial charge in [0.1, 0.15) is 5.54 Å². The summed E-state index contributed by atoms with van der Waals surface area (Å²) in [5.41, 5.74) is -1.15. The maximum atomic E-state index is 12.4. The van der Waals surface area contributed by atoms with E-state index in [4.69, 9.17) is 0 Å². The van der Waals surface area contributed by atoms with E-state index < -0.39 is 11.5 Å². The number of methoxy groups -OCH3 is 1. The number of likely N-dealkylation sites (tertiary alicyclic amines) is 1. The smallest absolute Gasteiger partial charge is 0.329 e. The Bertz CT molecular complexity index is 412. The molecule has 0 aromatic carbocycles. The molecule has 0 radical (unpaired) electrons. The molecule has 120 valence electrons. The Morgan fingerprint density at radius 3 is 2.57 bits per heavy atom. The van der Waals surface area contributed by atoms with Crippen molar-refractivity contribution in [2.24, 2.45) is 0 Å². The fraction of sp³-hybridized carbons (Fsp3) is 0.786. The van der Waals surface area contributed by atoms with Gasteiger partial charge in [-0.05, 0) is 32.6 Å². The second-order valence-electron chi connectivity index (χ2n) is 5.57. The van der Waals surface area contributed by atoms with Crippen LogP contribution in [0.3, 0.4) is 0 Å². The lowest BCUT2D eigenvalue weighted by Crippen LogP contribution is -2.60. The number of aliphatic carboxylic acids is 1. The molecule has 0 spiro atoms. The Kier molecular flexibility index (Phi) is 5.99. The van der Waals surface area contributed by atoms with Crippen LogP contribution in [0.15, 0.2) is 0 Å². The number of amides is 2. The highest BCUT2D eigenvalue weighted by Gasteiger charge is 2.44. The summed E-state index contributed by atoms with van der Waals surface area (Å²) >= 11 is 0. The molecule has 7 nitrogen and oxygen atoms in total. The van der Waals surface area contributed by atoms with Crippen LogP contribution in [0, 0.1) is 0 Å². The minimum atomic E-state index is -1.15. The van der Waals surface area contributed by atoms with Gasteiger partial charge in [0.05, 0.1) is 7.11 Å². The van der Waals surface area contributed by atoms with E-state index in [9.17, 15) is 19.5 Å². The molecule has 1 aliphatic rings. The van der Waals surface area contributed by atoms with Crippen LogP contribution in [0.5, 0.6) is 0 Å². The molecule has 0 aromatic rings. The van der Waals surface area contributed by atoms with Crippen molar-refractivity contribution in [3.8, 4) is 0 Å². The van der Waals surface area contributed by atoms with E-state index in [-0.39, 0.29) is 18.4 Å². The van der Waals surface area contributed by atoms with Crippen molar-refractivity contribution < 1.29 is 24.2 Å². The summed E-state index contributed by atoms with van der Waals surface area (Å²) in [4.78, 5) is 37.9. The molecular formula is C14H24N2O5. The van der Waals surface area contributed by atoms with E-state index >= 15 is 0 Å². The number of esters is 1. The van der Waals surface area contributed by atoms with Crippen LogP contribution < -0.4 is 0 Å². The van der Waals surface area contributed by atoms with Crippen molar-refractivity contribution in [3.05, 3.63) is 0 Å². The van der Waals surface area contributed by atoms with Gasteiger partial charge in [-0.3, -0.25) is 4.79 Å². The molecule has 1 fully saturated rings. The van der Waals surface area contributed by atoms with Gasteiger partial charge < -0.3 is 19.6 Å².